The van der Waals surface area contributed by atoms with Gasteiger partial charge in [-0.05, 0) is 44.0 Å². The molecule has 1 unspecified atom stereocenters. The molecular weight excluding hydrogens is 239 g/mol. The van der Waals surface area contributed by atoms with E-state index >= 15 is 0 Å². The number of halogens is 1. The Kier molecular flexibility index (Phi) is 5.82. The number of unbranched alkanes of at least 4 members (excludes halogenated alkanes) is 3. The molecule has 0 spiro atoms. The van der Waals surface area contributed by atoms with Gasteiger partial charge in [-0.15, -0.1) is 0 Å². The molecule has 1 aromatic rings. The number of hydrogen-bond acceptors (Lipinski definition) is 2. The molecule has 3 heteroatoms. The van der Waals surface area contributed by atoms with Gasteiger partial charge in [0.25, 0.3) is 0 Å². The van der Waals surface area contributed by atoms with Crippen LogP contribution in [0.4, 0.5) is 10.1 Å². The molecule has 0 aliphatic carbocycles. The lowest BCUT2D eigenvalue weighted by Gasteiger charge is -2.24. The van der Waals surface area contributed by atoms with Crippen molar-refractivity contribution in [3.05, 3.63) is 29.6 Å². The van der Waals surface area contributed by atoms with Gasteiger partial charge in [0.05, 0.1) is 6.07 Å². The van der Waals surface area contributed by atoms with E-state index in [9.17, 15) is 9.65 Å². The summed E-state index contributed by atoms with van der Waals surface area (Å²) in [7, 11) is 0. The van der Waals surface area contributed by atoms with Crippen LogP contribution < -0.4 is 5.32 Å². The van der Waals surface area contributed by atoms with E-state index in [4.69, 9.17) is 0 Å². The molecule has 1 aromatic carbocycles. The lowest BCUT2D eigenvalue weighted by Crippen LogP contribution is -2.32. The summed E-state index contributed by atoms with van der Waals surface area (Å²) in [5.41, 5.74) is 0.902. The molecule has 0 aliphatic heterocycles. The maximum Gasteiger partial charge on any atom is 0.125 e. The first-order valence-electron chi connectivity index (χ1n) is 6.96. The molecule has 1 N–H and O–H groups in total. The van der Waals surface area contributed by atoms with Gasteiger partial charge in [-0.2, -0.15) is 5.26 Å². The van der Waals surface area contributed by atoms with Crippen LogP contribution >= 0.6 is 0 Å². The zero-order valence-corrected chi connectivity index (χ0v) is 12.1. The van der Waals surface area contributed by atoms with Crippen LogP contribution in [0.25, 0.3) is 0 Å². The summed E-state index contributed by atoms with van der Waals surface area (Å²) in [5.74, 6) is -0.270. The third-order valence-electron chi connectivity index (χ3n) is 3.24. The molecule has 2 nitrogen and oxygen atoms in total. The fourth-order valence-electron chi connectivity index (χ4n) is 2.18. The Labute approximate surface area is 115 Å². The fourth-order valence-corrected chi connectivity index (χ4v) is 2.18. The summed E-state index contributed by atoms with van der Waals surface area (Å²) in [6.07, 6.45) is 5.30. The van der Waals surface area contributed by atoms with Crippen molar-refractivity contribution < 1.29 is 4.39 Å². The Bertz CT molecular complexity index is 430. The van der Waals surface area contributed by atoms with Crippen LogP contribution in [0.3, 0.4) is 0 Å². The van der Waals surface area contributed by atoms with Crippen molar-refractivity contribution >= 4 is 5.69 Å². The van der Waals surface area contributed by atoms with Crippen LogP contribution in [0.5, 0.6) is 0 Å². The Hall–Kier alpha value is -1.56. The van der Waals surface area contributed by atoms with Crippen LogP contribution in [-0.4, -0.2) is 5.54 Å². The second-order valence-electron chi connectivity index (χ2n) is 5.40. The van der Waals surface area contributed by atoms with Gasteiger partial charge in [0.1, 0.15) is 11.4 Å². The number of rotatable bonds is 7. The minimum Gasteiger partial charge on any atom is -0.367 e. The van der Waals surface area contributed by atoms with Gasteiger partial charge in [0, 0.05) is 5.69 Å². The molecule has 0 heterocycles. The maximum absolute atomic E-state index is 13.3. The Morgan fingerprint density at radius 3 is 2.58 bits per heavy atom. The molecule has 104 valence electrons. The molecule has 0 saturated heterocycles. The standard InChI is InChI=1S/C16H23FN2/c1-4-5-6-7-8-16(3,12-18)19-15-10-13(2)9-14(17)11-15/h9-11,19H,4-8H2,1-3H3. The van der Waals surface area contributed by atoms with E-state index in [1.165, 1.54) is 25.0 Å². The maximum atomic E-state index is 13.3. The minimum atomic E-state index is -0.631. The second kappa shape index (κ2) is 7.13. The topological polar surface area (TPSA) is 35.8 Å². The highest BCUT2D eigenvalue weighted by atomic mass is 19.1. The van der Waals surface area contributed by atoms with E-state index in [0.29, 0.717) is 5.69 Å². The van der Waals surface area contributed by atoms with Gasteiger partial charge in [0.15, 0.2) is 0 Å². The van der Waals surface area contributed by atoms with Crippen molar-refractivity contribution in [2.45, 2.75) is 58.4 Å². The molecule has 0 bridgehead atoms. The van der Waals surface area contributed by atoms with Crippen molar-refractivity contribution in [1.82, 2.24) is 0 Å². The number of nitrogens with zero attached hydrogens (tertiary/aromatic N) is 1. The van der Waals surface area contributed by atoms with Crippen LogP contribution in [0.1, 0.15) is 51.5 Å². The summed E-state index contributed by atoms with van der Waals surface area (Å²) in [6, 6.07) is 7.10. The number of nitrogens with one attached hydrogen (secondary N) is 1. The molecule has 0 fully saturated rings. The van der Waals surface area contributed by atoms with Crippen molar-refractivity contribution in [3.8, 4) is 6.07 Å². The van der Waals surface area contributed by atoms with Crippen molar-refractivity contribution in [1.29, 1.82) is 5.26 Å². The fraction of sp³-hybridized carbons (Fsp3) is 0.562. The SMILES string of the molecule is CCCCCCC(C)(C#N)Nc1cc(C)cc(F)c1. The predicted molar refractivity (Wildman–Crippen MR) is 77.5 cm³/mol. The molecule has 19 heavy (non-hydrogen) atoms. The zero-order valence-electron chi connectivity index (χ0n) is 12.1. The molecule has 0 aromatic heterocycles. The van der Waals surface area contributed by atoms with E-state index in [1.807, 2.05) is 19.9 Å². The average Bonchev–Trinajstić information content (AvgIpc) is 2.33. The summed E-state index contributed by atoms with van der Waals surface area (Å²) < 4.78 is 13.3. The van der Waals surface area contributed by atoms with Gasteiger partial charge < -0.3 is 5.32 Å². The molecule has 0 radical (unpaired) electrons. The van der Waals surface area contributed by atoms with Gasteiger partial charge in [0.2, 0.25) is 0 Å². The number of nitriles is 1. The quantitative estimate of drug-likeness (QED) is 0.716. The summed E-state index contributed by atoms with van der Waals surface area (Å²) in [4.78, 5) is 0. The van der Waals surface area contributed by atoms with E-state index in [1.54, 1.807) is 0 Å². The second-order valence-corrected chi connectivity index (χ2v) is 5.40. The Morgan fingerprint density at radius 1 is 1.26 bits per heavy atom. The first kappa shape index (κ1) is 15.5. The number of benzene rings is 1. The van der Waals surface area contributed by atoms with E-state index in [2.05, 4.69) is 18.3 Å². The highest BCUT2D eigenvalue weighted by Gasteiger charge is 2.23. The number of aryl methyl sites for hydroxylation is 1. The number of anilines is 1. The smallest absolute Gasteiger partial charge is 0.125 e. The summed E-state index contributed by atoms with van der Waals surface area (Å²) in [6.45, 7) is 5.88. The van der Waals surface area contributed by atoms with Gasteiger partial charge in [-0.25, -0.2) is 4.39 Å². The summed E-state index contributed by atoms with van der Waals surface area (Å²) >= 11 is 0. The highest BCUT2D eigenvalue weighted by molar-refractivity contribution is 5.49. The normalized spacial score (nSPS) is 13.6. The van der Waals surface area contributed by atoms with E-state index in [-0.39, 0.29) is 5.82 Å². The summed E-state index contributed by atoms with van der Waals surface area (Å²) in [5, 5.41) is 12.5. The highest BCUT2D eigenvalue weighted by Crippen LogP contribution is 2.22. The predicted octanol–water partition coefficient (Wildman–Crippen LogP) is 4.80. The molecule has 0 saturated carbocycles. The lowest BCUT2D eigenvalue weighted by molar-refractivity contribution is 0.527. The molecule has 0 amide bonds. The van der Waals surface area contributed by atoms with Crippen LogP contribution in [0.2, 0.25) is 0 Å². The third-order valence-corrected chi connectivity index (χ3v) is 3.24. The first-order chi connectivity index (χ1) is 8.99. The van der Waals surface area contributed by atoms with Gasteiger partial charge >= 0.3 is 0 Å². The molecular formula is C16H23FN2. The first-order valence-corrected chi connectivity index (χ1v) is 6.96. The minimum absolute atomic E-state index is 0.270. The largest absolute Gasteiger partial charge is 0.367 e. The van der Waals surface area contributed by atoms with Crippen LogP contribution in [0, 0.1) is 24.1 Å². The van der Waals surface area contributed by atoms with Crippen LogP contribution in [0.15, 0.2) is 18.2 Å². The van der Waals surface area contributed by atoms with E-state index in [0.717, 1.165) is 24.8 Å². The Morgan fingerprint density at radius 2 is 2.00 bits per heavy atom. The van der Waals surface area contributed by atoms with Crippen LogP contribution in [-0.2, 0) is 0 Å². The molecule has 1 atom stereocenters. The van der Waals surface area contributed by atoms with Crippen molar-refractivity contribution in [3.63, 3.8) is 0 Å². The molecule has 1 rings (SSSR count). The van der Waals surface area contributed by atoms with Crippen molar-refractivity contribution in [2.75, 3.05) is 5.32 Å². The van der Waals surface area contributed by atoms with Gasteiger partial charge in [-0.1, -0.05) is 32.6 Å². The monoisotopic (exact) mass is 262 g/mol. The van der Waals surface area contributed by atoms with E-state index < -0.39 is 5.54 Å². The lowest BCUT2D eigenvalue weighted by atomic mass is 9.95. The third kappa shape index (κ3) is 5.30. The Balaban J connectivity index is 2.66. The average molecular weight is 262 g/mol. The zero-order chi connectivity index (χ0) is 14.3. The van der Waals surface area contributed by atoms with Gasteiger partial charge in [-0.3, -0.25) is 0 Å². The number of hydrogen-bond donors (Lipinski definition) is 1. The van der Waals surface area contributed by atoms with Crippen molar-refractivity contribution in [2.24, 2.45) is 0 Å². The molecule has 0 aliphatic rings.